The summed E-state index contributed by atoms with van der Waals surface area (Å²) in [6, 6.07) is 8.69. The van der Waals surface area contributed by atoms with Crippen LogP contribution in [0.3, 0.4) is 0 Å². The molecule has 0 aliphatic heterocycles. The van der Waals surface area contributed by atoms with Crippen molar-refractivity contribution < 1.29 is 28.2 Å². The molecule has 0 aromatic heterocycles. The first kappa shape index (κ1) is 15.8. The summed E-state index contributed by atoms with van der Waals surface area (Å²) in [5.41, 5.74) is 5.13. The number of nitrogens with two attached hydrogens (primary N) is 1. The minimum Gasteiger partial charge on any atom is -0.445 e. The topological polar surface area (TPSA) is 102 Å². The lowest BCUT2D eigenvalue weighted by atomic mass is 10.2. The van der Waals surface area contributed by atoms with Gasteiger partial charge in [-0.15, -0.1) is 0 Å². The Labute approximate surface area is 113 Å². The average molecular weight is 288 g/mol. The van der Waals surface area contributed by atoms with E-state index in [1.165, 1.54) is 0 Å². The van der Waals surface area contributed by atoms with Crippen LogP contribution in [0.4, 0.5) is 13.6 Å². The summed E-state index contributed by atoms with van der Waals surface area (Å²) in [6.45, 7) is -0.904. The van der Waals surface area contributed by atoms with Gasteiger partial charge in [-0.2, -0.15) is 8.78 Å². The fourth-order valence-electron chi connectivity index (χ4n) is 1.25. The van der Waals surface area contributed by atoms with E-state index in [-0.39, 0.29) is 6.61 Å². The van der Waals surface area contributed by atoms with Crippen LogP contribution in [-0.4, -0.2) is 35.7 Å². The number of benzene rings is 1. The quantitative estimate of drug-likeness (QED) is 0.705. The molecule has 4 N–H and O–H groups in total. The molecule has 0 spiro atoms. The van der Waals surface area contributed by atoms with E-state index in [1.807, 2.05) is 5.32 Å². The summed E-state index contributed by atoms with van der Waals surface area (Å²) >= 11 is 0. The summed E-state index contributed by atoms with van der Waals surface area (Å²) in [4.78, 5) is 21.6. The maximum Gasteiger partial charge on any atom is 0.407 e. The summed E-state index contributed by atoms with van der Waals surface area (Å²) in [5.74, 6) is -6.09. The Morgan fingerprint density at radius 2 is 1.95 bits per heavy atom. The first-order valence-electron chi connectivity index (χ1n) is 5.64. The van der Waals surface area contributed by atoms with E-state index in [2.05, 4.69) is 5.73 Å². The Hall–Kier alpha value is -2.22. The van der Waals surface area contributed by atoms with Crippen LogP contribution in [0.5, 0.6) is 0 Å². The van der Waals surface area contributed by atoms with Crippen LogP contribution >= 0.6 is 0 Å². The second-order valence-corrected chi connectivity index (χ2v) is 3.95. The molecule has 0 radical (unpaired) electrons. The Morgan fingerprint density at radius 3 is 2.50 bits per heavy atom. The van der Waals surface area contributed by atoms with Gasteiger partial charge in [0.2, 0.25) is 0 Å². The lowest BCUT2D eigenvalue weighted by molar-refractivity contribution is -0.158. The highest BCUT2D eigenvalue weighted by Gasteiger charge is 2.44. The van der Waals surface area contributed by atoms with Crippen molar-refractivity contribution in [3.05, 3.63) is 35.9 Å². The number of hydrogen-bond acceptors (Lipinski definition) is 4. The number of carbonyl (C=O) groups excluding carboxylic acids is 2. The number of primary amides is 1. The van der Waals surface area contributed by atoms with E-state index >= 15 is 0 Å². The third kappa shape index (κ3) is 4.47. The van der Waals surface area contributed by atoms with Gasteiger partial charge in [-0.3, -0.25) is 4.79 Å². The second-order valence-electron chi connectivity index (χ2n) is 3.95. The van der Waals surface area contributed by atoms with Crippen LogP contribution < -0.4 is 11.1 Å². The molecule has 1 aromatic carbocycles. The van der Waals surface area contributed by atoms with Gasteiger partial charge in [-0.25, -0.2) is 4.79 Å². The summed E-state index contributed by atoms with van der Waals surface area (Å²) in [7, 11) is 0. The number of aliphatic hydroxyl groups is 1. The van der Waals surface area contributed by atoms with Gasteiger partial charge in [-0.1, -0.05) is 30.3 Å². The Bertz CT molecular complexity index is 468. The van der Waals surface area contributed by atoms with Gasteiger partial charge in [-0.05, 0) is 5.56 Å². The van der Waals surface area contributed by atoms with E-state index in [1.54, 1.807) is 30.3 Å². The summed E-state index contributed by atoms with van der Waals surface area (Å²) < 4.78 is 30.6. The highest BCUT2D eigenvalue weighted by molar-refractivity contribution is 5.82. The van der Waals surface area contributed by atoms with E-state index in [0.29, 0.717) is 5.56 Å². The Kier molecular flexibility index (Phi) is 5.39. The number of alkyl halides is 2. The van der Waals surface area contributed by atoms with Crippen molar-refractivity contribution in [2.45, 2.75) is 18.6 Å². The highest BCUT2D eigenvalue weighted by Crippen LogP contribution is 2.17. The number of hydrogen-bond donors (Lipinski definition) is 3. The number of halogens is 2. The van der Waals surface area contributed by atoms with Crippen molar-refractivity contribution >= 4 is 12.0 Å². The molecule has 2 amide bonds. The molecule has 0 bridgehead atoms. The lowest BCUT2D eigenvalue weighted by Crippen LogP contribution is -2.50. The number of nitrogens with one attached hydrogen (secondary N) is 1. The van der Waals surface area contributed by atoms with Gasteiger partial charge in [0.05, 0.1) is 6.54 Å². The number of aliphatic hydroxyl groups excluding tert-OH is 1. The van der Waals surface area contributed by atoms with Crippen molar-refractivity contribution in [3.63, 3.8) is 0 Å². The predicted molar refractivity (Wildman–Crippen MR) is 64.8 cm³/mol. The number of alkyl carbamates (subject to hydrolysis) is 1. The number of ether oxygens (including phenoxy) is 1. The summed E-state index contributed by atoms with van der Waals surface area (Å²) in [5, 5.41) is 11.0. The highest BCUT2D eigenvalue weighted by atomic mass is 19.3. The molecule has 0 heterocycles. The molecular formula is C12H14F2N2O4. The van der Waals surface area contributed by atoms with Crippen LogP contribution in [-0.2, 0) is 16.1 Å². The number of carbonyl (C=O) groups is 2. The molecule has 0 fully saturated rings. The van der Waals surface area contributed by atoms with Crippen LogP contribution in [0.25, 0.3) is 0 Å². The van der Waals surface area contributed by atoms with E-state index < -0.39 is 30.6 Å². The van der Waals surface area contributed by atoms with Crippen LogP contribution in [0.1, 0.15) is 5.56 Å². The van der Waals surface area contributed by atoms with Gasteiger partial charge in [0, 0.05) is 0 Å². The summed E-state index contributed by atoms with van der Waals surface area (Å²) in [6.07, 6.45) is -3.41. The van der Waals surface area contributed by atoms with Crippen LogP contribution in [0.15, 0.2) is 30.3 Å². The number of rotatable bonds is 6. The van der Waals surface area contributed by atoms with Gasteiger partial charge in [0.1, 0.15) is 12.7 Å². The minimum atomic E-state index is -4.12. The Balaban J connectivity index is 2.35. The van der Waals surface area contributed by atoms with Crippen molar-refractivity contribution in [2.75, 3.05) is 6.54 Å². The van der Waals surface area contributed by atoms with E-state index in [9.17, 15) is 18.4 Å². The molecule has 0 aliphatic carbocycles. The zero-order chi connectivity index (χ0) is 15.2. The van der Waals surface area contributed by atoms with Crippen LogP contribution in [0, 0.1) is 0 Å². The number of amides is 2. The Morgan fingerprint density at radius 1 is 1.35 bits per heavy atom. The molecule has 1 unspecified atom stereocenters. The van der Waals surface area contributed by atoms with Gasteiger partial charge >= 0.3 is 12.0 Å². The molecule has 1 aromatic rings. The average Bonchev–Trinajstić information content (AvgIpc) is 2.43. The zero-order valence-corrected chi connectivity index (χ0v) is 10.4. The smallest absolute Gasteiger partial charge is 0.407 e. The third-order valence-electron chi connectivity index (χ3n) is 2.40. The molecule has 0 saturated heterocycles. The molecule has 1 rings (SSSR count). The third-order valence-corrected chi connectivity index (χ3v) is 2.40. The lowest BCUT2D eigenvalue weighted by Gasteiger charge is -2.19. The van der Waals surface area contributed by atoms with Crippen molar-refractivity contribution in [2.24, 2.45) is 5.73 Å². The maximum atomic E-state index is 12.9. The van der Waals surface area contributed by atoms with Gasteiger partial charge < -0.3 is 20.9 Å². The molecule has 110 valence electrons. The molecule has 20 heavy (non-hydrogen) atoms. The largest absolute Gasteiger partial charge is 0.445 e. The van der Waals surface area contributed by atoms with Gasteiger partial charge in [0.25, 0.3) is 5.91 Å². The molecule has 6 nitrogen and oxygen atoms in total. The second kappa shape index (κ2) is 6.80. The molecule has 1 atom stereocenters. The predicted octanol–water partition coefficient (Wildman–Crippen LogP) is 0.394. The van der Waals surface area contributed by atoms with E-state index in [4.69, 9.17) is 9.84 Å². The molecule has 0 aliphatic rings. The fourth-order valence-corrected chi connectivity index (χ4v) is 1.25. The molecule has 8 heteroatoms. The first-order chi connectivity index (χ1) is 9.34. The SMILES string of the molecule is NC(=O)C(F)(F)C(O)CNC(=O)OCc1ccccc1. The minimum absolute atomic E-state index is 0.0466. The van der Waals surface area contributed by atoms with Crippen LogP contribution in [0.2, 0.25) is 0 Å². The maximum absolute atomic E-state index is 12.9. The monoisotopic (exact) mass is 288 g/mol. The first-order valence-corrected chi connectivity index (χ1v) is 5.64. The van der Waals surface area contributed by atoms with Crippen molar-refractivity contribution in [3.8, 4) is 0 Å². The molecular weight excluding hydrogens is 274 g/mol. The standard InChI is InChI=1S/C12H14F2N2O4/c13-12(14,10(15)18)9(17)6-16-11(19)20-7-8-4-2-1-3-5-8/h1-5,9,17H,6-7H2,(H2,15,18)(H,16,19). The van der Waals surface area contributed by atoms with Gasteiger partial charge in [0.15, 0.2) is 0 Å². The fraction of sp³-hybridized carbons (Fsp3) is 0.333. The van der Waals surface area contributed by atoms with E-state index in [0.717, 1.165) is 0 Å². The zero-order valence-electron chi connectivity index (χ0n) is 10.4. The normalized spacial score (nSPS) is 12.6. The van der Waals surface area contributed by atoms with Crippen molar-refractivity contribution in [1.82, 2.24) is 5.32 Å². The van der Waals surface area contributed by atoms with Crippen molar-refractivity contribution in [1.29, 1.82) is 0 Å². The molecule has 0 saturated carbocycles.